The van der Waals surface area contributed by atoms with Crippen LogP contribution in [0.15, 0.2) is 22.7 Å². The number of halogens is 2. The van der Waals surface area contributed by atoms with Crippen LogP contribution in [0.2, 0.25) is 0 Å². The van der Waals surface area contributed by atoms with Crippen molar-refractivity contribution in [2.24, 2.45) is 11.7 Å². The Labute approximate surface area is 116 Å². The SMILES string of the molecule is CC1CC(C)N(C(CN)c2cc(F)ccc2Br)C1. The molecule has 100 valence electrons. The van der Waals surface area contributed by atoms with Crippen molar-refractivity contribution in [3.8, 4) is 0 Å². The van der Waals surface area contributed by atoms with Gasteiger partial charge in [0.25, 0.3) is 0 Å². The second kappa shape index (κ2) is 5.68. The summed E-state index contributed by atoms with van der Waals surface area (Å²) in [5.74, 6) is 0.480. The first kappa shape index (κ1) is 14.0. The van der Waals surface area contributed by atoms with Gasteiger partial charge in [-0.15, -0.1) is 0 Å². The summed E-state index contributed by atoms with van der Waals surface area (Å²) in [6.45, 7) is 6.02. The normalized spacial score (nSPS) is 26.5. The second-order valence-corrected chi connectivity index (χ2v) is 6.16. The molecule has 1 heterocycles. The lowest BCUT2D eigenvalue weighted by Crippen LogP contribution is -2.36. The lowest BCUT2D eigenvalue weighted by atomic mass is 10.0. The van der Waals surface area contributed by atoms with E-state index in [4.69, 9.17) is 5.73 Å². The first-order chi connectivity index (χ1) is 8.52. The van der Waals surface area contributed by atoms with E-state index >= 15 is 0 Å². The van der Waals surface area contributed by atoms with Crippen molar-refractivity contribution < 1.29 is 4.39 Å². The highest BCUT2D eigenvalue weighted by Crippen LogP contribution is 2.34. The van der Waals surface area contributed by atoms with Crippen molar-refractivity contribution in [3.05, 3.63) is 34.1 Å². The molecule has 18 heavy (non-hydrogen) atoms. The van der Waals surface area contributed by atoms with E-state index in [9.17, 15) is 4.39 Å². The minimum absolute atomic E-state index is 0.0926. The number of nitrogens with zero attached hydrogens (tertiary/aromatic N) is 1. The largest absolute Gasteiger partial charge is 0.329 e. The molecule has 1 aliphatic rings. The van der Waals surface area contributed by atoms with Crippen molar-refractivity contribution in [1.29, 1.82) is 0 Å². The zero-order valence-corrected chi connectivity index (χ0v) is 12.5. The maximum Gasteiger partial charge on any atom is 0.123 e. The number of benzene rings is 1. The third kappa shape index (κ3) is 2.76. The van der Waals surface area contributed by atoms with Gasteiger partial charge >= 0.3 is 0 Å². The van der Waals surface area contributed by atoms with Gasteiger partial charge in [-0.1, -0.05) is 22.9 Å². The van der Waals surface area contributed by atoms with Gasteiger partial charge in [-0.05, 0) is 43.0 Å². The van der Waals surface area contributed by atoms with Crippen LogP contribution >= 0.6 is 15.9 Å². The Balaban J connectivity index is 2.30. The molecule has 3 atom stereocenters. The van der Waals surface area contributed by atoms with Gasteiger partial charge in [-0.3, -0.25) is 4.90 Å². The minimum atomic E-state index is -0.202. The van der Waals surface area contributed by atoms with Gasteiger partial charge in [0.05, 0.1) is 0 Å². The summed E-state index contributed by atoms with van der Waals surface area (Å²) in [5.41, 5.74) is 6.88. The monoisotopic (exact) mass is 314 g/mol. The minimum Gasteiger partial charge on any atom is -0.329 e. The topological polar surface area (TPSA) is 29.3 Å². The molecule has 0 aromatic heterocycles. The maximum absolute atomic E-state index is 13.4. The van der Waals surface area contributed by atoms with Crippen LogP contribution in [0.4, 0.5) is 4.39 Å². The zero-order chi connectivity index (χ0) is 13.3. The van der Waals surface area contributed by atoms with Crippen molar-refractivity contribution in [2.75, 3.05) is 13.1 Å². The molecule has 0 radical (unpaired) electrons. The second-order valence-electron chi connectivity index (χ2n) is 5.30. The smallest absolute Gasteiger partial charge is 0.123 e. The molecule has 0 amide bonds. The van der Waals surface area contributed by atoms with Gasteiger partial charge in [0, 0.05) is 29.6 Å². The van der Waals surface area contributed by atoms with Gasteiger partial charge in [0.1, 0.15) is 5.82 Å². The summed E-state index contributed by atoms with van der Waals surface area (Å²) < 4.78 is 14.4. The Morgan fingerprint density at radius 2 is 2.22 bits per heavy atom. The molecule has 2 rings (SSSR count). The van der Waals surface area contributed by atoms with Gasteiger partial charge in [0.15, 0.2) is 0 Å². The first-order valence-electron chi connectivity index (χ1n) is 6.43. The molecule has 2 nitrogen and oxygen atoms in total. The highest BCUT2D eigenvalue weighted by atomic mass is 79.9. The fourth-order valence-electron chi connectivity index (χ4n) is 2.98. The van der Waals surface area contributed by atoms with Crippen LogP contribution in [-0.2, 0) is 0 Å². The Hall–Kier alpha value is -0.450. The Bertz CT molecular complexity index is 424. The van der Waals surface area contributed by atoms with Crippen molar-refractivity contribution in [3.63, 3.8) is 0 Å². The van der Waals surface area contributed by atoms with Crippen LogP contribution in [-0.4, -0.2) is 24.0 Å². The van der Waals surface area contributed by atoms with E-state index in [0.717, 1.165) is 16.6 Å². The quantitative estimate of drug-likeness (QED) is 0.927. The van der Waals surface area contributed by atoms with E-state index in [2.05, 4.69) is 34.7 Å². The fraction of sp³-hybridized carbons (Fsp3) is 0.571. The van der Waals surface area contributed by atoms with E-state index in [1.165, 1.54) is 12.5 Å². The summed E-state index contributed by atoms with van der Waals surface area (Å²) in [7, 11) is 0. The molecule has 0 bridgehead atoms. The lowest BCUT2D eigenvalue weighted by molar-refractivity contribution is 0.191. The number of nitrogens with two attached hydrogens (primary N) is 1. The number of likely N-dealkylation sites (tertiary alicyclic amines) is 1. The van der Waals surface area contributed by atoms with E-state index in [-0.39, 0.29) is 11.9 Å². The maximum atomic E-state index is 13.4. The average molecular weight is 315 g/mol. The molecule has 4 heteroatoms. The highest BCUT2D eigenvalue weighted by Gasteiger charge is 2.32. The summed E-state index contributed by atoms with van der Waals surface area (Å²) in [5, 5.41) is 0. The van der Waals surface area contributed by atoms with E-state index in [0.29, 0.717) is 18.5 Å². The predicted molar refractivity (Wildman–Crippen MR) is 75.8 cm³/mol. The molecule has 1 aliphatic heterocycles. The first-order valence-corrected chi connectivity index (χ1v) is 7.23. The van der Waals surface area contributed by atoms with E-state index < -0.39 is 0 Å². The van der Waals surface area contributed by atoms with Crippen LogP contribution in [0.3, 0.4) is 0 Å². The standard InChI is InChI=1S/C14H20BrFN2/c1-9-5-10(2)18(8-9)14(7-17)12-6-11(16)3-4-13(12)15/h3-4,6,9-10,14H,5,7-8,17H2,1-2H3. The van der Waals surface area contributed by atoms with E-state index in [1.54, 1.807) is 12.1 Å². The molecule has 0 aliphatic carbocycles. The van der Waals surface area contributed by atoms with Crippen LogP contribution < -0.4 is 5.73 Å². The summed E-state index contributed by atoms with van der Waals surface area (Å²) in [6, 6.07) is 5.42. The summed E-state index contributed by atoms with van der Waals surface area (Å²) in [4.78, 5) is 2.39. The molecule has 0 spiro atoms. The molecule has 1 fully saturated rings. The third-order valence-electron chi connectivity index (χ3n) is 3.77. The molecule has 1 aromatic rings. The van der Waals surface area contributed by atoms with Gasteiger partial charge in [0.2, 0.25) is 0 Å². The number of rotatable bonds is 3. The molecule has 1 aromatic carbocycles. The highest BCUT2D eigenvalue weighted by molar-refractivity contribution is 9.10. The van der Waals surface area contributed by atoms with Gasteiger partial charge < -0.3 is 5.73 Å². The van der Waals surface area contributed by atoms with Crippen LogP contribution in [0.5, 0.6) is 0 Å². The Morgan fingerprint density at radius 3 is 2.78 bits per heavy atom. The molecule has 3 unspecified atom stereocenters. The van der Waals surface area contributed by atoms with Crippen LogP contribution in [0.1, 0.15) is 31.9 Å². The van der Waals surface area contributed by atoms with Crippen LogP contribution in [0.25, 0.3) is 0 Å². The molecule has 1 saturated heterocycles. The lowest BCUT2D eigenvalue weighted by Gasteiger charge is -2.31. The molecular weight excluding hydrogens is 295 g/mol. The third-order valence-corrected chi connectivity index (χ3v) is 4.49. The number of hydrogen-bond donors (Lipinski definition) is 1. The molecular formula is C14H20BrFN2. The van der Waals surface area contributed by atoms with Crippen LogP contribution in [0, 0.1) is 11.7 Å². The molecule has 2 N–H and O–H groups in total. The Morgan fingerprint density at radius 1 is 1.50 bits per heavy atom. The van der Waals surface area contributed by atoms with Crippen molar-refractivity contribution in [2.45, 2.75) is 32.4 Å². The predicted octanol–water partition coefficient (Wildman–Crippen LogP) is 3.32. The van der Waals surface area contributed by atoms with E-state index in [1.807, 2.05) is 0 Å². The van der Waals surface area contributed by atoms with Gasteiger partial charge in [-0.2, -0.15) is 0 Å². The fourth-order valence-corrected chi connectivity index (χ4v) is 3.49. The summed E-state index contributed by atoms with van der Waals surface area (Å²) >= 11 is 3.51. The summed E-state index contributed by atoms with van der Waals surface area (Å²) in [6.07, 6.45) is 1.18. The molecule has 0 saturated carbocycles. The zero-order valence-electron chi connectivity index (χ0n) is 10.9. The van der Waals surface area contributed by atoms with Crippen molar-refractivity contribution >= 4 is 15.9 Å². The average Bonchev–Trinajstić information content (AvgIpc) is 2.64. The number of hydrogen-bond acceptors (Lipinski definition) is 2. The Kier molecular flexibility index (Phi) is 4.41. The van der Waals surface area contributed by atoms with Crippen molar-refractivity contribution in [1.82, 2.24) is 4.90 Å². The van der Waals surface area contributed by atoms with Gasteiger partial charge in [-0.25, -0.2) is 4.39 Å².